The van der Waals surface area contributed by atoms with Gasteiger partial charge < -0.3 is 9.47 Å². The molecule has 0 spiro atoms. The van der Waals surface area contributed by atoms with Crippen LogP contribution in [0.15, 0.2) is 42.5 Å². The summed E-state index contributed by atoms with van der Waals surface area (Å²) in [6.45, 7) is 1.73. The molecule has 2 nitrogen and oxygen atoms in total. The fourth-order valence-corrected chi connectivity index (χ4v) is 2.49. The molecule has 0 radical (unpaired) electrons. The van der Waals surface area contributed by atoms with Gasteiger partial charge in [-0.2, -0.15) is 0 Å². The fraction of sp³-hybridized carbons (Fsp3) is 0.556. The molecule has 0 bridgehead atoms. The summed E-state index contributed by atoms with van der Waals surface area (Å²) in [7, 11) is 0. The van der Waals surface area contributed by atoms with Gasteiger partial charge in [-0.15, -0.1) is 0 Å². The van der Waals surface area contributed by atoms with Crippen LogP contribution < -0.4 is 0 Å². The minimum absolute atomic E-state index is 0.374. The molecule has 1 rings (SSSR count). The normalized spacial score (nSPS) is 11.3. The maximum atomic E-state index is 5.46. The first-order chi connectivity index (χ1) is 10.4. The minimum atomic E-state index is 0.374. The molecule has 0 aromatic heterocycles. The number of allylic oxidation sites excluding steroid dienone is 1. The molecular formula is C18H27IO2. The molecule has 0 saturated heterocycles. The zero-order valence-electron chi connectivity index (χ0n) is 12.8. The lowest BCUT2D eigenvalue weighted by Gasteiger charge is -2.04. The Bertz CT molecular complexity index is 351. The predicted octanol–water partition coefficient (Wildman–Crippen LogP) is 5.51. The maximum Gasteiger partial charge on any atom is 0.147 e. The molecule has 21 heavy (non-hydrogen) atoms. The second-order valence-electron chi connectivity index (χ2n) is 5.01. The fourth-order valence-electron chi connectivity index (χ4n) is 1.95. The first kappa shape index (κ1) is 18.7. The van der Waals surface area contributed by atoms with E-state index >= 15 is 0 Å². The molecule has 1 aromatic rings. The molecule has 0 saturated carbocycles. The number of unbranched alkanes of at least 4 members (excludes halogenated alkanes) is 4. The van der Waals surface area contributed by atoms with Crippen LogP contribution in [0.5, 0.6) is 0 Å². The van der Waals surface area contributed by atoms with Crippen molar-refractivity contribution in [2.75, 3.05) is 17.8 Å². The van der Waals surface area contributed by atoms with Crippen LogP contribution in [0.2, 0.25) is 0 Å². The van der Waals surface area contributed by atoms with E-state index in [0.717, 1.165) is 13.0 Å². The second kappa shape index (κ2) is 14.5. The largest absolute Gasteiger partial charge is 0.355 e. The third-order valence-corrected chi connectivity index (χ3v) is 3.89. The summed E-state index contributed by atoms with van der Waals surface area (Å²) < 4.78 is 12.2. The van der Waals surface area contributed by atoms with E-state index in [4.69, 9.17) is 9.47 Å². The van der Waals surface area contributed by atoms with Crippen molar-refractivity contribution in [2.24, 2.45) is 0 Å². The van der Waals surface area contributed by atoms with Crippen molar-refractivity contribution in [3.63, 3.8) is 0 Å². The quantitative estimate of drug-likeness (QED) is 0.142. The number of benzene rings is 1. The van der Waals surface area contributed by atoms with Crippen molar-refractivity contribution >= 4 is 22.6 Å². The monoisotopic (exact) mass is 402 g/mol. The Kier molecular flexibility index (Phi) is 12.9. The number of hydrogen-bond donors (Lipinski definition) is 0. The summed E-state index contributed by atoms with van der Waals surface area (Å²) >= 11 is 2.45. The van der Waals surface area contributed by atoms with Gasteiger partial charge >= 0.3 is 0 Å². The Labute approximate surface area is 143 Å². The zero-order chi connectivity index (χ0) is 15.0. The van der Waals surface area contributed by atoms with Gasteiger partial charge in [-0.3, -0.25) is 0 Å². The standard InChI is InChI=1S/C18H27IO2/c19-14-10-5-3-1-2-4-6-11-15-20-17-21-16-18-12-8-7-9-13-18/h4,6-9,12-13H,1-3,5,10-11,14-17H2. The highest BCUT2D eigenvalue weighted by Gasteiger charge is 1.91. The van der Waals surface area contributed by atoms with E-state index in [0.29, 0.717) is 13.4 Å². The van der Waals surface area contributed by atoms with Crippen molar-refractivity contribution < 1.29 is 9.47 Å². The van der Waals surface area contributed by atoms with E-state index in [1.807, 2.05) is 18.2 Å². The number of hydrogen-bond acceptors (Lipinski definition) is 2. The van der Waals surface area contributed by atoms with Gasteiger partial charge in [0.15, 0.2) is 0 Å². The van der Waals surface area contributed by atoms with Crippen molar-refractivity contribution in [3.05, 3.63) is 48.0 Å². The van der Waals surface area contributed by atoms with Gasteiger partial charge in [0.1, 0.15) is 6.79 Å². The van der Waals surface area contributed by atoms with E-state index in [2.05, 4.69) is 46.9 Å². The molecule has 0 fully saturated rings. The molecule has 0 aliphatic heterocycles. The summed E-state index contributed by atoms with van der Waals surface area (Å²) in [6, 6.07) is 10.2. The van der Waals surface area contributed by atoms with Crippen LogP contribution in [0.25, 0.3) is 0 Å². The van der Waals surface area contributed by atoms with Crippen LogP contribution in [-0.2, 0) is 16.1 Å². The van der Waals surface area contributed by atoms with Crippen molar-refractivity contribution in [3.8, 4) is 0 Å². The Morgan fingerprint density at radius 1 is 0.857 bits per heavy atom. The van der Waals surface area contributed by atoms with Gasteiger partial charge in [0.25, 0.3) is 0 Å². The van der Waals surface area contributed by atoms with Crippen LogP contribution in [0.4, 0.5) is 0 Å². The molecule has 0 aliphatic carbocycles. The lowest BCUT2D eigenvalue weighted by molar-refractivity contribution is -0.0600. The number of rotatable bonds is 13. The van der Waals surface area contributed by atoms with E-state index in [1.165, 1.54) is 42.1 Å². The van der Waals surface area contributed by atoms with Crippen LogP contribution in [-0.4, -0.2) is 17.8 Å². The minimum Gasteiger partial charge on any atom is -0.355 e. The molecule has 0 N–H and O–H groups in total. The molecule has 1 aromatic carbocycles. The summed E-state index contributed by atoms with van der Waals surface area (Å²) in [5, 5.41) is 0. The average molecular weight is 402 g/mol. The predicted molar refractivity (Wildman–Crippen MR) is 97.8 cm³/mol. The third-order valence-electron chi connectivity index (χ3n) is 3.13. The Morgan fingerprint density at radius 3 is 2.43 bits per heavy atom. The second-order valence-corrected chi connectivity index (χ2v) is 6.09. The van der Waals surface area contributed by atoms with E-state index < -0.39 is 0 Å². The lowest BCUT2D eigenvalue weighted by atomic mass is 10.1. The Hall–Kier alpha value is -0.390. The van der Waals surface area contributed by atoms with Crippen LogP contribution >= 0.6 is 22.6 Å². The summed E-state index contributed by atoms with van der Waals surface area (Å²) in [6.07, 6.45) is 12.1. The summed E-state index contributed by atoms with van der Waals surface area (Å²) in [5.74, 6) is 0. The maximum absolute atomic E-state index is 5.46. The van der Waals surface area contributed by atoms with Gasteiger partial charge in [0.05, 0.1) is 13.2 Å². The highest BCUT2D eigenvalue weighted by atomic mass is 127. The molecule has 0 unspecified atom stereocenters. The Balaban J connectivity index is 1.82. The first-order valence-electron chi connectivity index (χ1n) is 7.84. The molecule has 0 atom stereocenters. The summed E-state index contributed by atoms with van der Waals surface area (Å²) in [5.41, 5.74) is 1.18. The van der Waals surface area contributed by atoms with Crippen LogP contribution in [0.3, 0.4) is 0 Å². The SMILES string of the molecule is ICCCCCCC=CCCOCOCc1ccccc1. The van der Waals surface area contributed by atoms with Gasteiger partial charge in [-0.1, -0.05) is 77.9 Å². The number of ether oxygens (including phenoxy) is 2. The first-order valence-corrected chi connectivity index (χ1v) is 9.36. The highest BCUT2D eigenvalue weighted by Crippen LogP contribution is 2.05. The van der Waals surface area contributed by atoms with E-state index in [9.17, 15) is 0 Å². The zero-order valence-corrected chi connectivity index (χ0v) is 15.0. The van der Waals surface area contributed by atoms with Gasteiger partial charge in [-0.05, 0) is 35.7 Å². The topological polar surface area (TPSA) is 18.5 Å². The number of halogens is 1. The third kappa shape index (κ3) is 11.9. The smallest absolute Gasteiger partial charge is 0.147 e. The molecule has 3 heteroatoms. The van der Waals surface area contributed by atoms with Gasteiger partial charge in [0.2, 0.25) is 0 Å². The van der Waals surface area contributed by atoms with Crippen LogP contribution in [0, 0.1) is 0 Å². The molecule has 0 heterocycles. The van der Waals surface area contributed by atoms with Gasteiger partial charge in [0, 0.05) is 0 Å². The molecule has 0 aliphatic rings. The van der Waals surface area contributed by atoms with Crippen molar-refractivity contribution in [1.82, 2.24) is 0 Å². The molecular weight excluding hydrogens is 375 g/mol. The Morgan fingerprint density at radius 2 is 1.62 bits per heavy atom. The van der Waals surface area contributed by atoms with Crippen molar-refractivity contribution in [1.29, 1.82) is 0 Å². The van der Waals surface area contributed by atoms with E-state index in [1.54, 1.807) is 0 Å². The number of alkyl halides is 1. The average Bonchev–Trinajstić information content (AvgIpc) is 2.53. The van der Waals surface area contributed by atoms with Crippen LogP contribution in [0.1, 0.15) is 44.1 Å². The summed E-state index contributed by atoms with van der Waals surface area (Å²) in [4.78, 5) is 0. The van der Waals surface area contributed by atoms with Crippen molar-refractivity contribution in [2.45, 2.75) is 45.1 Å². The van der Waals surface area contributed by atoms with Gasteiger partial charge in [-0.25, -0.2) is 0 Å². The van der Waals surface area contributed by atoms with E-state index in [-0.39, 0.29) is 0 Å². The lowest BCUT2D eigenvalue weighted by Crippen LogP contribution is -2.01. The highest BCUT2D eigenvalue weighted by molar-refractivity contribution is 14.1. The molecule has 0 amide bonds. The molecule has 118 valence electrons.